The van der Waals surface area contributed by atoms with Gasteiger partial charge in [0.1, 0.15) is 5.82 Å². The zero-order valence-corrected chi connectivity index (χ0v) is 13.2. The molecule has 0 atom stereocenters. The highest BCUT2D eigenvalue weighted by molar-refractivity contribution is 6.30. The molecule has 0 bridgehead atoms. The maximum absolute atomic E-state index is 14.0. The fraction of sp³-hybridized carbons (Fsp3) is 0.625. The van der Waals surface area contributed by atoms with E-state index in [1.54, 1.807) is 19.2 Å². The van der Waals surface area contributed by atoms with Crippen LogP contribution in [0.5, 0.6) is 0 Å². The van der Waals surface area contributed by atoms with Gasteiger partial charge in [-0.2, -0.15) is 0 Å². The molecule has 1 aliphatic rings. The van der Waals surface area contributed by atoms with Crippen LogP contribution in [0.2, 0.25) is 5.02 Å². The minimum absolute atomic E-state index is 0.0253. The number of nitrogens with one attached hydrogen (secondary N) is 1. The molecule has 1 N–H and O–H groups in total. The summed E-state index contributed by atoms with van der Waals surface area (Å²) < 4.78 is 24.5. The molecule has 0 amide bonds. The van der Waals surface area contributed by atoms with Crippen LogP contribution in [0, 0.1) is 11.2 Å². The Balaban J connectivity index is 2.06. The van der Waals surface area contributed by atoms with Gasteiger partial charge in [-0.15, -0.1) is 0 Å². The summed E-state index contributed by atoms with van der Waals surface area (Å²) in [6.07, 6.45) is 2.54. The molecule has 0 aliphatic carbocycles. The molecule has 1 aromatic rings. The van der Waals surface area contributed by atoms with Crippen LogP contribution in [0.1, 0.15) is 18.4 Å². The lowest BCUT2D eigenvalue weighted by Crippen LogP contribution is -2.41. The Kier molecular flexibility index (Phi) is 6.42. The molecule has 1 aliphatic heterocycles. The molecular formula is C16H23ClFNO2. The van der Waals surface area contributed by atoms with E-state index in [9.17, 15) is 4.39 Å². The Morgan fingerprint density at radius 1 is 1.38 bits per heavy atom. The average Bonchev–Trinajstić information content (AvgIpc) is 2.49. The van der Waals surface area contributed by atoms with Gasteiger partial charge in [0.05, 0.1) is 6.61 Å². The Labute approximate surface area is 130 Å². The van der Waals surface area contributed by atoms with Crippen LogP contribution in [-0.4, -0.2) is 40.0 Å². The van der Waals surface area contributed by atoms with Gasteiger partial charge in [-0.25, -0.2) is 4.39 Å². The molecule has 1 saturated heterocycles. The third-order valence-electron chi connectivity index (χ3n) is 4.11. The second kappa shape index (κ2) is 8.08. The second-order valence-electron chi connectivity index (χ2n) is 5.69. The summed E-state index contributed by atoms with van der Waals surface area (Å²) in [5, 5.41) is 4.00. The standard InChI is InChI=1S/C16H23ClFNO2/c1-20-9-6-19-12-16(4-7-21-8-5-16)11-13-10-14(17)2-3-15(13)18/h2-3,10,19H,4-9,11-12H2,1H3. The molecule has 0 saturated carbocycles. The number of methoxy groups -OCH3 is 1. The van der Waals surface area contributed by atoms with E-state index in [-0.39, 0.29) is 11.2 Å². The largest absolute Gasteiger partial charge is 0.383 e. The number of halogens is 2. The van der Waals surface area contributed by atoms with Crippen molar-refractivity contribution in [2.24, 2.45) is 5.41 Å². The topological polar surface area (TPSA) is 30.5 Å². The van der Waals surface area contributed by atoms with Crippen molar-refractivity contribution in [3.8, 4) is 0 Å². The van der Waals surface area contributed by atoms with Gasteiger partial charge < -0.3 is 14.8 Å². The first-order valence-corrected chi connectivity index (χ1v) is 7.74. The maximum Gasteiger partial charge on any atom is 0.126 e. The predicted molar refractivity (Wildman–Crippen MR) is 82.3 cm³/mol. The third kappa shape index (κ3) is 4.92. The Bertz CT molecular complexity index is 450. The Morgan fingerprint density at radius 2 is 2.14 bits per heavy atom. The molecule has 2 rings (SSSR count). The zero-order chi connectivity index (χ0) is 15.1. The van der Waals surface area contributed by atoms with E-state index >= 15 is 0 Å². The summed E-state index contributed by atoms with van der Waals surface area (Å²) in [7, 11) is 1.69. The average molecular weight is 316 g/mol. The van der Waals surface area contributed by atoms with Gasteiger partial charge >= 0.3 is 0 Å². The van der Waals surface area contributed by atoms with E-state index in [0.29, 0.717) is 23.6 Å². The van der Waals surface area contributed by atoms with Crippen LogP contribution in [0.4, 0.5) is 4.39 Å². The minimum Gasteiger partial charge on any atom is -0.383 e. The first-order valence-electron chi connectivity index (χ1n) is 7.37. The van der Waals surface area contributed by atoms with Crippen LogP contribution in [0.3, 0.4) is 0 Å². The number of hydrogen-bond donors (Lipinski definition) is 1. The molecular weight excluding hydrogens is 293 g/mol. The van der Waals surface area contributed by atoms with Gasteiger partial charge in [0.2, 0.25) is 0 Å². The van der Waals surface area contributed by atoms with Crippen molar-refractivity contribution in [1.82, 2.24) is 5.32 Å². The van der Waals surface area contributed by atoms with Gasteiger partial charge in [0, 0.05) is 38.4 Å². The first-order chi connectivity index (χ1) is 10.2. The fourth-order valence-corrected chi connectivity index (χ4v) is 3.03. The fourth-order valence-electron chi connectivity index (χ4n) is 2.83. The molecule has 1 aromatic carbocycles. The van der Waals surface area contributed by atoms with Crippen LogP contribution in [0.25, 0.3) is 0 Å². The van der Waals surface area contributed by atoms with Crippen molar-refractivity contribution in [2.45, 2.75) is 19.3 Å². The van der Waals surface area contributed by atoms with E-state index in [1.807, 2.05) is 0 Å². The van der Waals surface area contributed by atoms with E-state index in [2.05, 4.69) is 5.32 Å². The molecule has 118 valence electrons. The number of rotatable bonds is 7. The van der Waals surface area contributed by atoms with E-state index in [0.717, 1.165) is 39.1 Å². The lowest BCUT2D eigenvalue weighted by molar-refractivity contribution is 0.0139. The monoisotopic (exact) mass is 315 g/mol. The Hall–Kier alpha value is -0.680. The van der Waals surface area contributed by atoms with Gasteiger partial charge in [0.25, 0.3) is 0 Å². The molecule has 0 unspecified atom stereocenters. The van der Waals surface area contributed by atoms with Crippen LogP contribution < -0.4 is 5.32 Å². The van der Waals surface area contributed by atoms with Crippen molar-refractivity contribution >= 4 is 11.6 Å². The van der Waals surface area contributed by atoms with Crippen LogP contribution >= 0.6 is 11.6 Å². The third-order valence-corrected chi connectivity index (χ3v) is 4.34. The van der Waals surface area contributed by atoms with Gasteiger partial charge in [-0.05, 0) is 48.4 Å². The second-order valence-corrected chi connectivity index (χ2v) is 6.13. The maximum atomic E-state index is 14.0. The van der Waals surface area contributed by atoms with Crippen LogP contribution in [-0.2, 0) is 15.9 Å². The SMILES string of the molecule is COCCNCC1(Cc2cc(Cl)ccc2F)CCOCC1. The zero-order valence-electron chi connectivity index (χ0n) is 12.5. The molecule has 3 nitrogen and oxygen atoms in total. The molecule has 0 radical (unpaired) electrons. The summed E-state index contributed by atoms with van der Waals surface area (Å²) in [6, 6.07) is 4.78. The number of hydrogen-bond acceptors (Lipinski definition) is 3. The normalized spacial score (nSPS) is 17.9. The number of benzene rings is 1. The summed E-state index contributed by atoms with van der Waals surface area (Å²) in [6.45, 7) is 3.78. The van der Waals surface area contributed by atoms with Crippen molar-refractivity contribution in [1.29, 1.82) is 0 Å². The van der Waals surface area contributed by atoms with E-state index in [1.165, 1.54) is 6.07 Å². The summed E-state index contributed by atoms with van der Waals surface area (Å²) in [5.74, 6) is -0.179. The first kappa shape index (κ1) is 16.7. The van der Waals surface area contributed by atoms with E-state index in [4.69, 9.17) is 21.1 Å². The highest BCUT2D eigenvalue weighted by Gasteiger charge is 2.33. The number of ether oxygens (including phenoxy) is 2. The lowest BCUT2D eigenvalue weighted by atomic mass is 9.75. The Morgan fingerprint density at radius 3 is 2.86 bits per heavy atom. The van der Waals surface area contributed by atoms with Crippen molar-refractivity contribution in [3.63, 3.8) is 0 Å². The highest BCUT2D eigenvalue weighted by Crippen LogP contribution is 2.35. The quantitative estimate of drug-likeness (QED) is 0.785. The molecule has 0 aromatic heterocycles. The van der Waals surface area contributed by atoms with Gasteiger partial charge in [0.15, 0.2) is 0 Å². The van der Waals surface area contributed by atoms with Crippen molar-refractivity contribution < 1.29 is 13.9 Å². The molecule has 1 heterocycles. The molecule has 1 fully saturated rings. The smallest absolute Gasteiger partial charge is 0.126 e. The summed E-state index contributed by atoms with van der Waals surface area (Å²) >= 11 is 6.00. The molecule has 5 heteroatoms. The van der Waals surface area contributed by atoms with Crippen LogP contribution in [0.15, 0.2) is 18.2 Å². The van der Waals surface area contributed by atoms with Gasteiger partial charge in [-0.1, -0.05) is 11.6 Å². The highest BCUT2D eigenvalue weighted by atomic mass is 35.5. The van der Waals surface area contributed by atoms with Crippen molar-refractivity contribution in [2.75, 3.05) is 40.0 Å². The molecule has 0 spiro atoms. The predicted octanol–water partition coefficient (Wildman–Crippen LogP) is 3.05. The van der Waals surface area contributed by atoms with E-state index < -0.39 is 0 Å². The minimum atomic E-state index is -0.179. The van der Waals surface area contributed by atoms with Crippen molar-refractivity contribution in [3.05, 3.63) is 34.6 Å². The molecule has 21 heavy (non-hydrogen) atoms. The summed E-state index contributed by atoms with van der Waals surface area (Å²) in [5.41, 5.74) is 0.718. The lowest BCUT2D eigenvalue weighted by Gasteiger charge is -2.38. The summed E-state index contributed by atoms with van der Waals surface area (Å²) in [4.78, 5) is 0. The van der Waals surface area contributed by atoms with Gasteiger partial charge in [-0.3, -0.25) is 0 Å².